The van der Waals surface area contributed by atoms with Crippen LogP contribution in [0.2, 0.25) is 4.34 Å². The molecule has 1 saturated heterocycles. The van der Waals surface area contributed by atoms with Crippen molar-refractivity contribution in [2.45, 2.75) is 52.2 Å². The van der Waals surface area contributed by atoms with Crippen LogP contribution in [-0.4, -0.2) is 30.1 Å². The summed E-state index contributed by atoms with van der Waals surface area (Å²) in [4.78, 5) is 4.10. The number of nitrogens with one attached hydrogen (secondary N) is 1. The second kappa shape index (κ2) is 5.60. The van der Waals surface area contributed by atoms with Crippen LogP contribution >= 0.6 is 22.9 Å². The van der Waals surface area contributed by atoms with Crippen LogP contribution in [0.15, 0.2) is 12.1 Å². The number of piperazine rings is 1. The molecule has 2 heterocycles. The van der Waals surface area contributed by atoms with E-state index in [1.54, 1.807) is 11.3 Å². The molecule has 0 spiro atoms. The Labute approximate surface area is 131 Å². The van der Waals surface area contributed by atoms with Gasteiger partial charge < -0.3 is 5.32 Å². The van der Waals surface area contributed by atoms with Gasteiger partial charge in [0.05, 0.1) is 4.34 Å². The lowest BCUT2D eigenvalue weighted by Crippen LogP contribution is -2.60. The molecule has 1 saturated carbocycles. The van der Waals surface area contributed by atoms with E-state index in [4.69, 9.17) is 11.6 Å². The molecule has 4 heteroatoms. The zero-order valence-electron chi connectivity index (χ0n) is 12.7. The Morgan fingerprint density at radius 2 is 2.10 bits per heavy atom. The maximum atomic E-state index is 6.08. The van der Waals surface area contributed by atoms with Crippen LogP contribution in [0.25, 0.3) is 0 Å². The minimum absolute atomic E-state index is 0.319. The van der Waals surface area contributed by atoms with Crippen molar-refractivity contribution < 1.29 is 0 Å². The van der Waals surface area contributed by atoms with Gasteiger partial charge in [0.1, 0.15) is 0 Å². The molecule has 1 aromatic rings. The van der Waals surface area contributed by atoms with Crippen molar-refractivity contribution in [3.05, 3.63) is 21.3 Å². The number of hydrogen-bond donors (Lipinski definition) is 1. The Morgan fingerprint density at radius 3 is 2.65 bits per heavy atom. The van der Waals surface area contributed by atoms with E-state index in [1.165, 1.54) is 17.7 Å². The van der Waals surface area contributed by atoms with Gasteiger partial charge in [0, 0.05) is 36.6 Å². The second-order valence-corrected chi connectivity index (χ2v) is 9.17. The van der Waals surface area contributed by atoms with E-state index in [9.17, 15) is 0 Å². The first-order valence-corrected chi connectivity index (χ1v) is 8.84. The summed E-state index contributed by atoms with van der Waals surface area (Å²) in [5, 5.41) is 3.79. The molecular weight excluding hydrogens is 288 g/mol. The average Bonchev–Trinajstić information content (AvgIpc) is 3.12. The SMILES string of the molecule is CC(C)(C)C1CN(Cc2ccc(Cl)s2)C(C2CC2)CN1. The first-order chi connectivity index (χ1) is 9.43. The maximum absolute atomic E-state index is 6.08. The third-order valence-electron chi connectivity index (χ3n) is 4.66. The van der Waals surface area contributed by atoms with Gasteiger partial charge in [0.15, 0.2) is 0 Å². The zero-order chi connectivity index (χ0) is 14.3. The third kappa shape index (κ3) is 3.38. The van der Waals surface area contributed by atoms with E-state index < -0.39 is 0 Å². The summed E-state index contributed by atoms with van der Waals surface area (Å²) < 4.78 is 0.908. The fraction of sp³-hybridized carbons (Fsp3) is 0.750. The van der Waals surface area contributed by atoms with Gasteiger partial charge in [-0.3, -0.25) is 4.90 Å². The maximum Gasteiger partial charge on any atom is 0.0931 e. The van der Waals surface area contributed by atoms with Gasteiger partial charge in [-0.15, -0.1) is 11.3 Å². The largest absolute Gasteiger partial charge is 0.311 e. The standard InChI is InChI=1S/C16H25ClN2S/c1-16(2,3)14-10-19(9-12-6-7-15(17)20-12)13(8-18-14)11-4-5-11/h6-7,11,13-14,18H,4-5,8-10H2,1-3H3. The normalized spacial score (nSPS) is 28.8. The van der Waals surface area contributed by atoms with E-state index >= 15 is 0 Å². The highest BCUT2D eigenvalue weighted by molar-refractivity contribution is 7.16. The quantitative estimate of drug-likeness (QED) is 0.907. The highest BCUT2D eigenvalue weighted by Gasteiger charge is 2.41. The summed E-state index contributed by atoms with van der Waals surface area (Å²) in [5.74, 6) is 0.916. The smallest absolute Gasteiger partial charge is 0.0931 e. The average molecular weight is 313 g/mol. The predicted octanol–water partition coefficient (Wildman–Crippen LogP) is 4.00. The molecule has 2 unspecified atom stereocenters. The first-order valence-electron chi connectivity index (χ1n) is 7.65. The Morgan fingerprint density at radius 1 is 1.35 bits per heavy atom. The van der Waals surface area contributed by atoms with E-state index in [-0.39, 0.29) is 0 Å². The van der Waals surface area contributed by atoms with Gasteiger partial charge in [-0.25, -0.2) is 0 Å². The van der Waals surface area contributed by atoms with Crippen molar-refractivity contribution >= 4 is 22.9 Å². The van der Waals surface area contributed by atoms with Crippen LogP contribution in [-0.2, 0) is 6.54 Å². The van der Waals surface area contributed by atoms with Crippen LogP contribution < -0.4 is 5.32 Å². The fourth-order valence-electron chi connectivity index (χ4n) is 3.17. The number of rotatable bonds is 3. The summed E-state index contributed by atoms with van der Waals surface area (Å²) in [7, 11) is 0. The molecule has 20 heavy (non-hydrogen) atoms. The molecule has 2 atom stereocenters. The monoisotopic (exact) mass is 312 g/mol. The van der Waals surface area contributed by atoms with Gasteiger partial charge in [-0.05, 0) is 36.3 Å². The highest BCUT2D eigenvalue weighted by atomic mass is 35.5. The molecule has 1 N–H and O–H groups in total. The van der Waals surface area contributed by atoms with Crippen molar-refractivity contribution in [1.29, 1.82) is 0 Å². The van der Waals surface area contributed by atoms with Crippen molar-refractivity contribution in [3.63, 3.8) is 0 Å². The Balaban J connectivity index is 1.71. The van der Waals surface area contributed by atoms with Gasteiger partial charge >= 0.3 is 0 Å². The van der Waals surface area contributed by atoms with Crippen LogP contribution in [0.5, 0.6) is 0 Å². The van der Waals surface area contributed by atoms with Gasteiger partial charge in [-0.1, -0.05) is 32.4 Å². The Hall–Kier alpha value is -0.0900. The summed E-state index contributed by atoms with van der Waals surface area (Å²) in [6.45, 7) is 10.4. The zero-order valence-corrected chi connectivity index (χ0v) is 14.2. The highest BCUT2D eigenvalue weighted by Crippen LogP contribution is 2.38. The Kier molecular flexibility index (Phi) is 4.15. The lowest BCUT2D eigenvalue weighted by molar-refractivity contribution is 0.0697. The minimum atomic E-state index is 0.319. The number of hydrogen-bond acceptors (Lipinski definition) is 3. The lowest BCUT2D eigenvalue weighted by Gasteiger charge is -2.45. The van der Waals surface area contributed by atoms with E-state index in [1.807, 2.05) is 6.07 Å². The molecule has 2 fully saturated rings. The molecular formula is C16H25ClN2S. The lowest BCUT2D eigenvalue weighted by atomic mass is 9.84. The molecule has 3 rings (SSSR count). The molecule has 112 valence electrons. The number of thiophene rings is 1. The van der Waals surface area contributed by atoms with E-state index in [2.05, 4.69) is 37.1 Å². The molecule has 0 bridgehead atoms. The van der Waals surface area contributed by atoms with Crippen molar-refractivity contribution in [1.82, 2.24) is 10.2 Å². The predicted molar refractivity (Wildman–Crippen MR) is 87.5 cm³/mol. The molecule has 1 aromatic heterocycles. The van der Waals surface area contributed by atoms with Gasteiger partial charge in [-0.2, -0.15) is 0 Å². The van der Waals surface area contributed by atoms with Crippen LogP contribution in [0.1, 0.15) is 38.5 Å². The van der Waals surface area contributed by atoms with E-state index in [0.29, 0.717) is 11.5 Å². The van der Waals surface area contributed by atoms with Crippen LogP contribution in [0.3, 0.4) is 0 Å². The molecule has 2 nitrogen and oxygen atoms in total. The van der Waals surface area contributed by atoms with E-state index in [0.717, 1.165) is 35.9 Å². The van der Waals surface area contributed by atoms with Gasteiger partial charge in [0.2, 0.25) is 0 Å². The number of halogens is 1. The third-order valence-corrected chi connectivity index (χ3v) is 5.87. The first kappa shape index (κ1) is 14.8. The van der Waals surface area contributed by atoms with Gasteiger partial charge in [0.25, 0.3) is 0 Å². The summed E-state index contributed by atoms with van der Waals surface area (Å²) in [6.07, 6.45) is 2.82. The van der Waals surface area contributed by atoms with Crippen molar-refractivity contribution in [3.8, 4) is 0 Å². The molecule has 1 aliphatic heterocycles. The summed E-state index contributed by atoms with van der Waals surface area (Å²) >= 11 is 7.81. The van der Waals surface area contributed by atoms with Crippen LogP contribution in [0, 0.1) is 11.3 Å². The van der Waals surface area contributed by atoms with Crippen LogP contribution in [0.4, 0.5) is 0 Å². The fourth-order valence-corrected chi connectivity index (χ4v) is 4.28. The van der Waals surface area contributed by atoms with Crippen molar-refractivity contribution in [2.75, 3.05) is 13.1 Å². The molecule has 1 aliphatic carbocycles. The Bertz CT molecular complexity index is 461. The topological polar surface area (TPSA) is 15.3 Å². The number of nitrogens with zero attached hydrogens (tertiary/aromatic N) is 1. The minimum Gasteiger partial charge on any atom is -0.311 e. The molecule has 0 amide bonds. The molecule has 0 aromatic carbocycles. The summed E-state index contributed by atoms with van der Waals surface area (Å²) in [6, 6.07) is 5.50. The molecule has 2 aliphatic rings. The second-order valence-electron chi connectivity index (χ2n) is 7.37. The molecule has 0 radical (unpaired) electrons. The van der Waals surface area contributed by atoms with Crippen molar-refractivity contribution in [2.24, 2.45) is 11.3 Å². The summed E-state index contributed by atoms with van der Waals surface area (Å²) in [5.41, 5.74) is 0.319.